The van der Waals surface area contributed by atoms with Gasteiger partial charge in [-0.05, 0) is 61.4 Å². The van der Waals surface area contributed by atoms with Crippen LogP contribution in [0.15, 0.2) is 59.7 Å². The van der Waals surface area contributed by atoms with E-state index in [1.807, 2.05) is 36.4 Å². The molecule has 0 atom stereocenters. The molecule has 0 N–H and O–H groups in total. The summed E-state index contributed by atoms with van der Waals surface area (Å²) >= 11 is 1.68. The Kier molecular flexibility index (Phi) is 7.84. The normalized spacial score (nSPS) is 16.4. The Morgan fingerprint density at radius 3 is 1.52 bits per heavy atom. The van der Waals surface area contributed by atoms with E-state index >= 15 is 0 Å². The molecule has 31 heavy (non-hydrogen) atoms. The van der Waals surface area contributed by atoms with Crippen molar-refractivity contribution in [1.82, 2.24) is 0 Å². The summed E-state index contributed by atoms with van der Waals surface area (Å²) < 4.78 is 9.99. The van der Waals surface area contributed by atoms with E-state index < -0.39 is 0 Å². The van der Waals surface area contributed by atoms with E-state index in [0.717, 1.165) is 22.3 Å². The SMILES string of the molecule is CCOC(=O)c1ccc(C=C2CSCC(=Cc3ccc(C(=O)OCC)cc3)C2=O)cc1. The van der Waals surface area contributed by atoms with E-state index in [-0.39, 0.29) is 17.7 Å². The molecule has 0 saturated carbocycles. The monoisotopic (exact) mass is 436 g/mol. The Morgan fingerprint density at radius 2 is 1.16 bits per heavy atom. The van der Waals surface area contributed by atoms with Crippen LogP contribution in [0.1, 0.15) is 45.7 Å². The van der Waals surface area contributed by atoms with Gasteiger partial charge in [0.25, 0.3) is 0 Å². The van der Waals surface area contributed by atoms with E-state index in [1.165, 1.54) is 0 Å². The lowest BCUT2D eigenvalue weighted by Crippen LogP contribution is -2.16. The van der Waals surface area contributed by atoms with Gasteiger partial charge in [0.15, 0.2) is 5.78 Å². The fraction of sp³-hybridized carbons (Fsp3) is 0.240. The predicted octanol–water partition coefficient (Wildman–Crippen LogP) is 4.82. The number of thioether (sulfide) groups is 1. The van der Waals surface area contributed by atoms with Crippen LogP contribution in [0.4, 0.5) is 0 Å². The van der Waals surface area contributed by atoms with Gasteiger partial charge in [0.1, 0.15) is 0 Å². The molecule has 160 valence electrons. The molecular weight excluding hydrogens is 412 g/mol. The van der Waals surface area contributed by atoms with Crippen LogP contribution in [0.2, 0.25) is 0 Å². The number of benzene rings is 2. The van der Waals surface area contributed by atoms with E-state index in [0.29, 0.717) is 35.8 Å². The summed E-state index contributed by atoms with van der Waals surface area (Å²) in [4.78, 5) is 36.5. The van der Waals surface area contributed by atoms with Gasteiger partial charge in [0.2, 0.25) is 0 Å². The van der Waals surface area contributed by atoms with Crippen LogP contribution < -0.4 is 0 Å². The Morgan fingerprint density at radius 1 is 0.774 bits per heavy atom. The maximum atomic E-state index is 13.0. The predicted molar refractivity (Wildman–Crippen MR) is 123 cm³/mol. The molecule has 0 unspecified atom stereocenters. The molecule has 6 heteroatoms. The smallest absolute Gasteiger partial charge is 0.338 e. The molecule has 0 amide bonds. The standard InChI is InChI=1S/C25H24O5S/c1-3-29-24(27)19-9-5-17(6-10-19)13-21-15-31-16-22(23(21)26)14-18-7-11-20(12-8-18)25(28)30-4-2/h5-14H,3-4,15-16H2,1-2H3. The van der Waals surface area contributed by atoms with Gasteiger partial charge in [-0.1, -0.05) is 24.3 Å². The molecule has 1 saturated heterocycles. The number of ketones is 1. The van der Waals surface area contributed by atoms with Crippen molar-refractivity contribution in [2.45, 2.75) is 13.8 Å². The minimum atomic E-state index is -0.356. The Labute approximate surface area is 186 Å². The van der Waals surface area contributed by atoms with Crippen LogP contribution in [-0.2, 0) is 14.3 Å². The van der Waals surface area contributed by atoms with Crippen molar-refractivity contribution in [3.05, 3.63) is 81.9 Å². The quantitative estimate of drug-likeness (QED) is 0.478. The van der Waals surface area contributed by atoms with Crippen molar-refractivity contribution in [2.24, 2.45) is 0 Å². The van der Waals surface area contributed by atoms with Gasteiger partial charge in [-0.25, -0.2) is 9.59 Å². The van der Waals surface area contributed by atoms with Crippen molar-refractivity contribution >= 4 is 41.6 Å². The topological polar surface area (TPSA) is 69.7 Å². The summed E-state index contributed by atoms with van der Waals surface area (Å²) in [5.74, 6) is 0.577. The van der Waals surface area contributed by atoms with E-state index in [2.05, 4.69) is 0 Å². The largest absolute Gasteiger partial charge is 0.462 e. The summed E-state index contributed by atoms with van der Waals surface area (Å²) in [6, 6.07) is 14.0. The minimum absolute atomic E-state index is 0.0164. The average molecular weight is 437 g/mol. The molecule has 5 nitrogen and oxygen atoms in total. The number of hydrogen-bond acceptors (Lipinski definition) is 6. The van der Waals surface area contributed by atoms with Crippen molar-refractivity contribution in [3.63, 3.8) is 0 Å². The highest BCUT2D eigenvalue weighted by Crippen LogP contribution is 2.27. The summed E-state index contributed by atoms with van der Waals surface area (Å²) in [5, 5.41) is 0. The van der Waals surface area contributed by atoms with Crippen LogP contribution in [0, 0.1) is 0 Å². The Balaban J connectivity index is 1.75. The lowest BCUT2D eigenvalue weighted by molar-refractivity contribution is -0.112. The molecule has 0 radical (unpaired) electrons. The van der Waals surface area contributed by atoms with Gasteiger partial charge >= 0.3 is 11.9 Å². The number of Topliss-reactive ketones (excluding diaryl/α,β-unsaturated/α-hetero) is 1. The molecule has 1 heterocycles. The van der Waals surface area contributed by atoms with Crippen LogP contribution in [0.25, 0.3) is 12.2 Å². The van der Waals surface area contributed by atoms with Crippen LogP contribution in [-0.4, -0.2) is 42.4 Å². The third-order valence-corrected chi connectivity index (χ3v) is 5.65. The highest BCUT2D eigenvalue weighted by Gasteiger charge is 2.21. The van der Waals surface area contributed by atoms with Crippen LogP contribution >= 0.6 is 11.8 Å². The summed E-state index contributed by atoms with van der Waals surface area (Å²) in [6.45, 7) is 4.19. The molecule has 0 aromatic heterocycles. The van der Waals surface area contributed by atoms with E-state index in [9.17, 15) is 14.4 Å². The molecule has 2 aromatic rings. The molecule has 3 rings (SSSR count). The number of carbonyl (C=O) groups excluding carboxylic acids is 3. The lowest BCUT2D eigenvalue weighted by Gasteiger charge is -2.16. The number of esters is 2. The molecule has 0 bridgehead atoms. The maximum absolute atomic E-state index is 13.0. The van der Waals surface area contributed by atoms with Gasteiger partial charge in [-0.15, -0.1) is 0 Å². The minimum Gasteiger partial charge on any atom is -0.462 e. The fourth-order valence-corrected chi connectivity index (χ4v) is 4.06. The number of hydrogen-bond donors (Lipinski definition) is 0. The van der Waals surface area contributed by atoms with Crippen LogP contribution in [0.5, 0.6) is 0 Å². The highest BCUT2D eigenvalue weighted by molar-refractivity contribution is 7.99. The zero-order valence-electron chi connectivity index (χ0n) is 17.6. The second kappa shape index (κ2) is 10.8. The first-order valence-corrected chi connectivity index (χ1v) is 11.2. The van der Waals surface area contributed by atoms with Gasteiger partial charge in [-0.3, -0.25) is 4.79 Å². The fourth-order valence-electron chi connectivity index (χ4n) is 3.08. The van der Waals surface area contributed by atoms with Crippen molar-refractivity contribution in [1.29, 1.82) is 0 Å². The molecular formula is C25H24O5S. The second-order valence-corrected chi connectivity index (χ2v) is 7.83. The van der Waals surface area contributed by atoms with Crippen molar-refractivity contribution in [3.8, 4) is 0 Å². The van der Waals surface area contributed by atoms with Gasteiger partial charge < -0.3 is 9.47 Å². The molecule has 1 fully saturated rings. The van der Waals surface area contributed by atoms with Crippen molar-refractivity contribution < 1.29 is 23.9 Å². The molecule has 2 aromatic carbocycles. The summed E-state index contributed by atoms with van der Waals surface area (Å²) in [5.41, 5.74) is 4.12. The number of carbonyl (C=O) groups is 3. The lowest BCUT2D eigenvalue weighted by atomic mass is 10.00. The number of rotatable bonds is 6. The molecule has 0 aliphatic carbocycles. The first-order chi connectivity index (χ1) is 15.0. The first-order valence-electron chi connectivity index (χ1n) is 10.1. The van der Waals surface area contributed by atoms with Crippen LogP contribution in [0.3, 0.4) is 0 Å². The highest BCUT2D eigenvalue weighted by atomic mass is 32.2. The average Bonchev–Trinajstić information content (AvgIpc) is 2.78. The van der Waals surface area contributed by atoms with Gasteiger partial charge in [0.05, 0.1) is 24.3 Å². The molecule has 1 aliphatic heterocycles. The first kappa shape index (κ1) is 22.6. The maximum Gasteiger partial charge on any atom is 0.338 e. The molecule has 1 aliphatic rings. The van der Waals surface area contributed by atoms with Crippen molar-refractivity contribution in [2.75, 3.05) is 24.7 Å². The Bertz CT molecular complexity index is 935. The third kappa shape index (κ3) is 5.95. The zero-order valence-corrected chi connectivity index (χ0v) is 18.4. The van der Waals surface area contributed by atoms with Gasteiger partial charge in [-0.2, -0.15) is 11.8 Å². The zero-order chi connectivity index (χ0) is 22.2. The van der Waals surface area contributed by atoms with E-state index in [1.54, 1.807) is 49.9 Å². The van der Waals surface area contributed by atoms with E-state index in [4.69, 9.17) is 9.47 Å². The van der Waals surface area contributed by atoms with Gasteiger partial charge in [0, 0.05) is 22.7 Å². The number of ether oxygens (including phenoxy) is 2. The summed E-state index contributed by atoms with van der Waals surface area (Å²) in [7, 11) is 0. The Hall–Kier alpha value is -3.12. The second-order valence-electron chi connectivity index (χ2n) is 6.85. The summed E-state index contributed by atoms with van der Waals surface area (Å²) in [6.07, 6.45) is 3.72. The molecule has 0 spiro atoms. The third-order valence-electron chi connectivity index (χ3n) is 4.62.